The number of hydrogen-bond acceptors (Lipinski definition) is 6. The van der Waals surface area contributed by atoms with Crippen LogP contribution in [0.15, 0.2) is 30.7 Å². The minimum Gasteiger partial charge on any atom is -0.351 e. The second-order valence-electron chi connectivity index (χ2n) is 5.48. The Hall–Kier alpha value is -2.48. The molecular weight excluding hydrogens is 326 g/mol. The van der Waals surface area contributed by atoms with Crippen molar-refractivity contribution in [2.75, 3.05) is 25.0 Å². The van der Waals surface area contributed by atoms with Crippen molar-refractivity contribution in [2.24, 2.45) is 0 Å². The standard InChI is InChI=1S/C16H19N5O2S/c22-14-3-1-9-21(14)10-2-6-18-15(23)13-11-19-16(24-13)20-12-4-7-17-8-5-12/h4-5,7-8,11H,1-3,6,9-10H2,(H,18,23)(H,17,19,20). The highest BCUT2D eigenvalue weighted by atomic mass is 32.1. The number of anilines is 2. The summed E-state index contributed by atoms with van der Waals surface area (Å²) in [7, 11) is 0. The molecule has 0 saturated carbocycles. The third kappa shape index (κ3) is 4.29. The van der Waals surface area contributed by atoms with Crippen LogP contribution in [-0.2, 0) is 4.79 Å². The molecule has 1 fully saturated rings. The Bertz CT molecular complexity index is 704. The molecule has 8 heteroatoms. The molecule has 24 heavy (non-hydrogen) atoms. The summed E-state index contributed by atoms with van der Waals surface area (Å²) in [4.78, 5) is 34.2. The Kier molecular flexibility index (Phi) is 5.37. The third-order valence-electron chi connectivity index (χ3n) is 3.72. The molecule has 0 unspecified atom stereocenters. The molecule has 0 atom stereocenters. The van der Waals surface area contributed by atoms with Gasteiger partial charge >= 0.3 is 0 Å². The number of aromatic nitrogens is 2. The van der Waals surface area contributed by atoms with Crippen molar-refractivity contribution in [3.05, 3.63) is 35.6 Å². The highest BCUT2D eigenvalue weighted by Crippen LogP contribution is 2.22. The van der Waals surface area contributed by atoms with Gasteiger partial charge in [-0.3, -0.25) is 14.6 Å². The molecule has 0 aromatic carbocycles. The van der Waals surface area contributed by atoms with E-state index in [0.717, 1.165) is 25.1 Å². The lowest BCUT2D eigenvalue weighted by Crippen LogP contribution is -2.30. The van der Waals surface area contributed by atoms with Crippen molar-refractivity contribution < 1.29 is 9.59 Å². The van der Waals surface area contributed by atoms with Crippen LogP contribution in [0, 0.1) is 0 Å². The topological polar surface area (TPSA) is 87.2 Å². The summed E-state index contributed by atoms with van der Waals surface area (Å²) in [6.07, 6.45) is 7.30. The van der Waals surface area contributed by atoms with Gasteiger partial charge in [0.05, 0.1) is 6.20 Å². The van der Waals surface area contributed by atoms with E-state index in [2.05, 4.69) is 20.6 Å². The highest BCUT2D eigenvalue weighted by Gasteiger charge is 2.19. The molecule has 2 aromatic heterocycles. The van der Waals surface area contributed by atoms with Crippen LogP contribution in [0.25, 0.3) is 0 Å². The van der Waals surface area contributed by atoms with Gasteiger partial charge in [-0.25, -0.2) is 4.98 Å². The number of likely N-dealkylation sites (tertiary alicyclic amines) is 1. The molecule has 126 valence electrons. The molecule has 7 nitrogen and oxygen atoms in total. The molecule has 0 bridgehead atoms. The fourth-order valence-electron chi connectivity index (χ4n) is 2.50. The van der Waals surface area contributed by atoms with E-state index in [0.29, 0.717) is 29.5 Å². The fraction of sp³-hybridized carbons (Fsp3) is 0.375. The number of hydrogen-bond donors (Lipinski definition) is 2. The molecule has 0 spiro atoms. The maximum absolute atomic E-state index is 12.1. The molecule has 1 saturated heterocycles. The largest absolute Gasteiger partial charge is 0.351 e. The molecule has 3 heterocycles. The summed E-state index contributed by atoms with van der Waals surface area (Å²) in [5, 5.41) is 6.66. The zero-order chi connectivity index (χ0) is 16.8. The van der Waals surface area contributed by atoms with E-state index in [9.17, 15) is 9.59 Å². The normalized spacial score (nSPS) is 14.0. The van der Waals surface area contributed by atoms with Crippen LogP contribution in [-0.4, -0.2) is 46.3 Å². The lowest BCUT2D eigenvalue weighted by molar-refractivity contribution is -0.127. The maximum Gasteiger partial charge on any atom is 0.263 e. The van der Waals surface area contributed by atoms with Gasteiger partial charge in [-0.05, 0) is 25.0 Å². The third-order valence-corrected chi connectivity index (χ3v) is 4.63. The summed E-state index contributed by atoms with van der Waals surface area (Å²) >= 11 is 1.30. The lowest BCUT2D eigenvalue weighted by atomic mass is 10.3. The first-order valence-corrected chi connectivity index (χ1v) is 8.73. The average Bonchev–Trinajstić information content (AvgIpc) is 3.22. The molecule has 2 N–H and O–H groups in total. The van der Waals surface area contributed by atoms with Crippen molar-refractivity contribution in [3.63, 3.8) is 0 Å². The molecule has 1 aliphatic rings. The number of carbonyl (C=O) groups is 2. The first-order chi connectivity index (χ1) is 11.7. The average molecular weight is 345 g/mol. The summed E-state index contributed by atoms with van der Waals surface area (Å²) < 4.78 is 0. The number of nitrogens with one attached hydrogen (secondary N) is 2. The molecule has 1 aliphatic heterocycles. The summed E-state index contributed by atoms with van der Waals surface area (Å²) in [6, 6.07) is 3.67. The van der Waals surface area contributed by atoms with Crippen LogP contribution >= 0.6 is 11.3 Å². The van der Waals surface area contributed by atoms with Gasteiger partial charge in [-0.1, -0.05) is 11.3 Å². The van der Waals surface area contributed by atoms with Crippen LogP contribution in [0.1, 0.15) is 28.9 Å². The minimum absolute atomic E-state index is 0.136. The Morgan fingerprint density at radius 1 is 1.33 bits per heavy atom. The van der Waals surface area contributed by atoms with Crippen LogP contribution in [0.2, 0.25) is 0 Å². The van der Waals surface area contributed by atoms with Gasteiger partial charge in [-0.2, -0.15) is 0 Å². The number of pyridine rings is 1. The molecule has 2 amide bonds. The molecular formula is C16H19N5O2S. The van der Waals surface area contributed by atoms with Gasteiger partial charge in [0.25, 0.3) is 5.91 Å². The van der Waals surface area contributed by atoms with E-state index in [1.54, 1.807) is 18.6 Å². The second kappa shape index (κ2) is 7.87. The summed E-state index contributed by atoms with van der Waals surface area (Å²) in [6.45, 7) is 2.09. The quantitative estimate of drug-likeness (QED) is 0.750. The number of rotatable bonds is 7. The van der Waals surface area contributed by atoms with Gasteiger partial charge < -0.3 is 15.5 Å². The van der Waals surface area contributed by atoms with Gasteiger partial charge in [0.15, 0.2) is 5.13 Å². The fourth-order valence-corrected chi connectivity index (χ4v) is 3.25. The maximum atomic E-state index is 12.1. The van der Waals surface area contributed by atoms with E-state index >= 15 is 0 Å². The highest BCUT2D eigenvalue weighted by molar-refractivity contribution is 7.17. The first kappa shape index (κ1) is 16.4. The molecule has 0 aliphatic carbocycles. The van der Waals surface area contributed by atoms with Gasteiger partial charge in [0.1, 0.15) is 4.88 Å². The van der Waals surface area contributed by atoms with E-state index in [-0.39, 0.29) is 11.8 Å². The summed E-state index contributed by atoms with van der Waals surface area (Å²) in [5.41, 5.74) is 0.876. The van der Waals surface area contributed by atoms with Crippen LogP contribution in [0.4, 0.5) is 10.8 Å². The van der Waals surface area contributed by atoms with Crippen LogP contribution < -0.4 is 10.6 Å². The van der Waals surface area contributed by atoms with Crippen molar-refractivity contribution >= 4 is 34.0 Å². The smallest absolute Gasteiger partial charge is 0.263 e. The number of nitrogens with zero attached hydrogens (tertiary/aromatic N) is 3. The first-order valence-electron chi connectivity index (χ1n) is 7.91. The van der Waals surface area contributed by atoms with Crippen molar-refractivity contribution in [2.45, 2.75) is 19.3 Å². The Morgan fingerprint density at radius 3 is 2.92 bits per heavy atom. The van der Waals surface area contributed by atoms with E-state index < -0.39 is 0 Å². The Morgan fingerprint density at radius 2 is 2.17 bits per heavy atom. The molecule has 0 radical (unpaired) electrons. The van der Waals surface area contributed by atoms with Crippen molar-refractivity contribution in [1.82, 2.24) is 20.2 Å². The van der Waals surface area contributed by atoms with Gasteiger partial charge in [-0.15, -0.1) is 0 Å². The number of thiazole rings is 1. The minimum atomic E-state index is -0.136. The van der Waals surface area contributed by atoms with E-state index in [4.69, 9.17) is 0 Å². The number of carbonyl (C=O) groups excluding carboxylic acids is 2. The summed E-state index contributed by atoms with van der Waals surface area (Å²) in [5.74, 6) is 0.0821. The van der Waals surface area contributed by atoms with Crippen molar-refractivity contribution in [1.29, 1.82) is 0 Å². The molecule has 2 aromatic rings. The van der Waals surface area contributed by atoms with Crippen molar-refractivity contribution in [3.8, 4) is 0 Å². The predicted molar refractivity (Wildman–Crippen MR) is 92.4 cm³/mol. The van der Waals surface area contributed by atoms with E-state index in [1.165, 1.54) is 11.3 Å². The zero-order valence-corrected chi connectivity index (χ0v) is 14.0. The van der Waals surface area contributed by atoms with Crippen LogP contribution in [0.3, 0.4) is 0 Å². The Labute approximate surface area is 144 Å². The van der Waals surface area contributed by atoms with Gasteiger partial charge in [0, 0.05) is 44.1 Å². The van der Waals surface area contributed by atoms with Crippen LogP contribution in [0.5, 0.6) is 0 Å². The second-order valence-corrected chi connectivity index (χ2v) is 6.51. The van der Waals surface area contributed by atoms with Gasteiger partial charge in [0.2, 0.25) is 5.91 Å². The number of amides is 2. The molecule has 3 rings (SSSR count). The predicted octanol–water partition coefficient (Wildman–Crippen LogP) is 2.02. The lowest BCUT2D eigenvalue weighted by Gasteiger charge is -2.15. The van der Waals surface area contributed by atoms with E-state index in [1.807, 2.05) is 17.0 Å². The zero-order valence-electron chi connectivity index (χ0n) is 13.2. The SMILES string of the molecule is O=C(NCCCN1CCCC1=O)c1cnc(Nc2ccncc2)s1. The Balaban J connectivity index is 1.43. The monoisotopic (exact) mass is 345 g/mol.